The number of rotatable bonds is 13. The first-order valence-corrected chi connectivity index (χ1v) is 9.46. The molecule has 0 atom stereocenters. The largest absolute Gasteiger partial charge is 0.488 e. The lowest BCUT2D eigenvalue weighted by molar-refractivity contribution is 0.133. The molecule has 0 bridgehead atoms. The van der Waals surface area contributed by atoms with E-state index in [1.807, 2.05) is 24.3 Å². The van der Waals surface area contributed by atoms with Crippen molar-refractivity contribution in [3.63, 3.8) is 0 Å². The van der Waals surface area contributed by atoms with Crippen LogP contribution in [0.25, 0.3) is 0 Å². The van der Waals surface area contributed by atoms with E-state index in [0.29, 0.717) is 43.8 Å². The maximum absolute atomic E-state index is 9.34. The average Bonchev–Trinajstić information content (AvgIpc) is 2.69. The molecule has 0 spiro atoms. The third-order valence-electron chi connectivity index (χ3n) is 4.36. The van der Waals surface area contributed by atoms with Gasteiger partial charge in [0.25, 0.3) is 0 Å². The van der Waals surface area contributed by atoms with E-state index < -0.39 is 14.2 Å². The Hall–Kier alpha value is -1.71. The molecule has 0 saturated carbocycles. The standard InChI is InChI=1S/C19H28B2N2O5/c24-20(25)18-8-3-1-6-16(18)14-22-10-5-12-28-13-11-23-15-17-7-2-4-9-19(17)21(26)27/h1-4,6-9,22-27H,5,10-15H2. The summed E-state index contributed by atoms with van der Waals surface area (Å²) < 4.78 is 5.58. The van der Waals surface area contributed by atoms with Crippen LogP contribution in [0, 0.1) is 0 Å². The Bertz CT molecular complexity index is 644. The van der Waals surface area contributed by atoms with E-state index in [-0.39, 0.29) is 0 Å². The van der Waals surface area contributed by atoms with E-state index in [2.05, 4.69) is 10.6 Å². The van der Waals surface area contributed by atoms with Gasteiger partial charge in [-0.2, -0.15) is 0 Å². The molecule has 0 amide bonds. The summed E-state index contributed by atoms with van der Waals surface area (Å²) in [6.07, 6.45) is 0.851. The maximum atomic E-state index is 9.34. The van der Waals surface area contributed by atoms with Crippen molar-refractivity contribution in [1.82, 2.24) is 10.6 Å². The smallest absolute Gasteiger partial charge is 0.423 e. The van der Waals surface area contributed by atoms with Crippen LogP contribution >= 0.6 is 0 Å². The van der Waals surface area contributed by atoms with Crippen LogP contribution in [-0.4, -0.2) is 60.6 Å². The van der Waals surface area contributed by atoms with Crippen molar-refractivity contribution in [2.24, 2.45) is 0 Å². The summed E-state index contributed by atoms with van der Waals surface area (Å²) in [7, 11) is -2.92. The van der Waals surface area contributed by atoms with Crippen LogP contribution in [0.3, 0.4) is 0 Å². The van der Waals surface area contributed by atoms with Crippen molar-refractivity contribution in [3.05, 3.63) is 59.7 Å². The molecule has 7 nitrogen and oxygen atoms in total. The topological polar surface area (TPSA) is 114 Å². The van der Waals surface area contributed by atoms with Crippen LogP contribution in [0.15, 0.2) is 48.5 Å². The van der Waals surface area contributed by atoms with Gasteiger partial charge < -0.3 is 35.5 Å². The van der Waals surface area contributed by atoms with E-state index in [1.54, 1.807) is 24.3 Å². The highest BCUT2D eigenvalue weighted by Gasteiger charge is 2.15. The fourth-order valence-electron chi connectivity index (χ4n) is 2.89. The molecule has 0 heterocycles. The molecule has 2 aromatic rings. The first-order chi connectivity index (χ1) is 13.6. The predicted molar refractivity (Wildman–Crippen MR) is 111 cm³/mol. The molecule has 6 N–H and O–H groups in total. The molecule has 0 aliphatic heterocycles. The van der Waals surface area contributed by atoms with Crippen LogP contribution in [0.2, 0.25) is 0 Å². The van der Waals surface area contributed by atoms with E-state index in [1.165, 1.54) is 0 Å². The second-order valence-corrected chi connectivity index (χ2v) is 6.46. The molecular formula is C19H28B2N2O5. The quantitative estimate of drug-likeness (QED) is 0.180. The molecule has 0 saturated heterocycles. The van der Waals surface area contributed by atoms with Gasteiger partial charge in [0, 0.05) is 26.2 Å². The summed E-state index contributed by atoms with van der Waals surface area (Å²) in [6.45, 7) is 3.77. The zero-order valence-electron chi connectivity index (χ0n) is 15.9. The van der Waals surface area contributed by atoms with Crippen molar-refractivity contribution >= 4 is 25.2 Å². The second-order valence-electron chi connectivity index (χ2n) is 6.46. The average molecular weight is 386 g/mol. The molecule has 2 rings (SSSR count). The van der Waals surface area contributed by atoms with Crippen LogP contribution in [-0.2, 0) is 17.8 Å². The van der Waals surface area contributed by atoms with Gasteiger partial charge in [-0.25, -0.2) is 0 Å². The minimum Gasteiger partial charge on any atom is -0.423 e. The number of nitrogens with one attached hydrogen (secondary N) is 2. The van der Waals surface area contributed by atoms with Crippen molar-refractivity contribution in [1.29, 1.82) is 0 Å². The minimum absolute atomic E-state index is 0.511. The Morgan fingerprint density at radius 3 is 1.71 bits per heavy atom. The monoisotopic (exact) mass is 386 g/mol. The predicted octanol–water partition coefficient (Wildman–Crippen LogP) is -1.67. The normalized spacial score (nSPS) is 10.9. The molecule has 2 aromatic carbocycles. The summed E-state index contributed by atoms with van der Waals surface area (Å²) in [4.78, 5) is 0. The molecule has 0 unspecified atom stereocenters. The molecule has 0 aliphatic carbocycles. The third-order valence-corrected chi connectivity index (χ3v) is 4.36. The van der Waals surface area contributed by atoms with Crippen LogP contribution < -0.4 is 21.6 Å². The second kappa shape index (κ2) is 12.7. The zero-order valence-corrected chi connectivity index (χ0v) is 15.9. The number of hydrogen-bond donors (Lipinski definition) is 6. The van der Waals surface area contributed by atoms with Gasteiger partial charge in [-0.05, 0) is 35.0 Å². The Labute approximate surface area is 166 Å². The molecule has 9 heteroatoms. The highest BCUT2D eigenvalue weighted by molar-refractivity contribution is 6.59. The molecule has 0 aromatic heterocycles. The first-order valence-electron chi connectivity index (χ1n) is 9.46. The van der Waals surface area contributed by atoms with Gasteiger partial charge in [0.15, 0.2) is 0 Å². The van der Waals surface area contributed by atoms with Crippen LogP contribution in [0.5, 0.6) is 0 Å². The van der Waals surface area contributed by atoms with E-state index in [0.717, 1.165) is 24.1 Å². The minimum atomic E-state index is -1.46. The molecule has 0 radical (unpaired) electrons. The maximum Gasteiger partial charge on any atom is 0.488 e. The number of ether oxygens (including phenoxy) is 1. The van der Waals surface area contributed by atoms with Gasteiger partial charge in [-0.1, -0.05) is 48.5 Å². The summed E-state index contributed by atoms with van der Waals surface area (Å²) in [5.41, 5.74) is 2.76. The Morgan fingerprint density at radius 2 is 1.18 bits per heavy atom. The summed E-state index contributed by atoms with van der Waals surface area (Å²) in [6, 6.07) is 14.4. The van der Waals surface area contributed by atoms with Crippen molar-refractivity contribution in [2.45, 2.75) is 19.5 Å². The van der Waals surface area contributed by atoms with Gasteiger partial charge >= 0.3 is 14.2 Å². The fourth-order valence-corrected chi connectivity index (χ4v) is 2.89. The number of hydrogen-bond acceptors (Lipinski definition) is 7. The van der Waals surface area contributed by atoms with Gasteiger partial charge in [-0.15, -0.1) is 0 Å². The van der Waals surface area contributed by atoms with Crippen molar-refractivity contribution < 1.29 is 24.8 Å². The third kappa shape index (κ3) is 7.73. The van der Waals surface area contributed by atoms with Crippen molar-refractivity contribution in [3.8, 4) is 0 Å². The molecular weight excluding hydrogens is 358 g/mol. The lowest BCUT2D eigenvalue weighted by atomic mass is 9.77. The molecule has 0 aliphatic rings. The van der Waals surface area contributed by atoms with Crippen LogP contribution in [0.1, 0.15) is 17.5 Å². The number of benzene rings is 2. The Balaban J connectivity index is 1.52. The zero-order chi connectivity index (χ0) is 20.2. The van der Waals surface area contributed by atoms with Gasteiger partial charge in [-0.3, -0.25) is 0 Å². The molecule has 150 valence electrons. The Morgan fingerprint density at radius 1 is 0.679 bits per heavy atom. The first kappa shape index (κ1) is 22.6. The highest BCUT2D eigenvalue weighted by Crippen LogP contribution is 1.98. The lowest BCUT2D eigenvalue weighted by Crippen LogP contribution is -2.35. The van der Waals surface area contributed by atoms with Crippen LogP contribution in [0.4, 0.5) is 0 Å². The van der Waals surface area contributed by atoms with Gasteiger partial charge in [0.1, 0.15) is 0 Å². The lowest BCUT2D eigenvalue weighted by Gasteiger charge is -2.11. The fraction of sp³-hybridized carbons (Fsp3) is 0.368. The van der Waals surface area contributed by atoms with Crippen molar-refractivity contribution in [2.75, 3.05) is 26.3 Å². The van der Waals surface area contributed by atoms with E-state index in [9.17, 15) is 20.1 Å². The van der Waals surface area contributed by atoms with E-state index in [4.69, 9.17) is 4.74 Å². The molecule has 0 fully saturated rings. The van der Waals surface area contributed by atoms with E-state index >= 15 is 0 Å². The van der Waals surface area contributed by atoms with Gasteiger partial charge in [0.2, 0.25) is 0 Å². The Kier molecular flexibility index (Phi) is 10.2. The summed E-state index contributed by atoms with van der Waals surface area (Å²) in [5, 5.41) is 43.9. The highest BCUT2D eigenvalue weighted by atomic mass is 16.5. The summed E-state index contributed by atoms with van der Waals surface area (Å²) >= 11 is 0. The SMILES string of the molecule is OB(O)c1ccccc1CNCCCOCCNCc1ccccc1B(O)O. The molecule has 28 heavy (non-hydrogen) atoms. The van der Waals surface area contributed by atoms with Gasteiger partial charge in [0.05, 0.1) is 6.61 Å². The summed E-state index contributed by atoms with van der Waals surface area (Å²) in [5.74, 6) is 0.